The van der Waals surface area contributed by atoms with E-state index in [9.17, 15) is 4.79 Å². The predicted octanol–water partition coefficient (Wildman–Crippen LogP) is 2.89. The van der Waals surface area contributed by atoms with E-state index in [0.29, 0.717) is 11.8 Å². The molecule has 3 unspecified atom stereocenters. The van der Waals surface area contributed by atoms with Gasteiger partial charge in [0.2, 0.25) is 0 Å². The van der Waals surface area contributed by atoms with Crippen molar-refractivity contribution in [3.63, 3.8) is 0 Å². The topological polar surface area (TPSA) is 37.3 Å². The lowest BCUT2D eigenvalue weighted by Gasteiger charge is -2.32. The first-order valence-electron chi connectivity index (χ1n) is 4.53. The molecule has 1 rings (SSSR count). The molecule has 1 aliphatic rings. The maximum atomic E-state index is 10.8. The summed E-state index contributed by atoms with van der Waals surface area (Å²) in [4.78, 5) is 10.8. The first-order chi connectivity index (χ1) is 6.19. The molecule has 1 fully saturated rings. The molecular weight excluding hydrogens is 300 g/mol. The van der Waals surface area contributed by atoms with Crippen LogP contribution < -0.4 is 0 Å². The Kier molecular flexibility index (Phi) is 4.73. The second-order valence-electron chi connectivity index (χ2n) is 3.68. The Balaban J connectivity index is 2.52. The molecule has 2 nitrogen and oxygen atoms in total. The minimum Gasteiger partial charge on any atom is -0.481 e. The summed E-state index contributed by atoms with van der Waals surface area (Å²) in [5, 5.41) is 10.8. The highest BCUT2D eigenvalue weighted by Gasteiger charge is 2.32. The molecule has 1 saturated carbocycles. The molecule has 0 aromatic rings. The number of rotatable bonds is 3. The van der Waals surface area contributed by atoms with E-state index in [0.717, 1.165) is 29.9 Å². The van der Waals surface area contributed by atoms with Gasteiger partial charge in [-0.15, -0.1) is 0 Å². The van der Waals surface area contributed by atoms with Gasteiger partial charge in [-0.05, 0) is 31.1 Å². The number of alkyl halides is 2. The number of carboxylic acids is 1. The molecule has 76 valence electrons. The van der Waals surface area contributed by atoms with Gasteiger partial charge in [0.15, 0.2) is 0 Å². The van der Waals surface area contributed by atoms with Gasteiger partial charge in [0.05, 0.1) is 5.92 Å². The minimum absolute atomic E-state index is 0.113. The number of hydrogen-bond donors (Lipinski definition) is 1. The number of aliphatic carboxylic acids is 1. The molecule has 0 saturated heterocycles. The Morgan fingerprint density at radius 3 is 2.31 bits per heavy atom. The second-order valence-corrected chi connectivity index (χ2v) is 4.97. The van der Waals surface area contributed by atoms with Gasteiger partial charge in [-0.25, -0.2) is 0 Å². The first-order valence-corrected chi connectivity index (χ1v) is 6.78. The molecule has 0 aliphatic heterocycles. The fourth-order valence-electron chi connectivity index (χ4n) is 1.94. The van der Waals surface area contributed by atoms with Crippen LogP contribution in [-0.2, 0) is 4.79 Å². The summed E-state index contributed by atoms with van der Waals surface area (Å²) in [6.45, 7) is 0. The normalized spacial score (nSPS) is 34.5. The average molecular weight is 314 g/mol. The highest BCUT2D eigenvalue weighted by Crippen LogP contribution is 2.36. The van der Waals surface area contributed by atoms with Crippen molar-refractivity contribution < 1.29 is 9.90 Å². The van der Waals surface area contributed by atoms with Crippen LogP contribution in [0.3, 0.4) is 0 Å². The zero-order chi connectivity index (χ0) is 9.84. The number of carboxylic acid groups (broad SMARTS) is 1. The summed E-state index contributed by atoms with van der Waals surface area (Å²) in [7, 11) is 0. The highest BCUT2D eigenvalue weighted by molar-refractivity contribution is 9.09. The van der Waals surface area contributed by atoms with Crippen molar-refractivity contribution in [3.05, 3.63) is 0 Å². The van der Waals surface area contributed by atoms with Crippen LogP contribution in [0.2, 0.25) is 0 Å². The predicted molar refractivity (Wildman–Crippen MR) is 59.5 cm³/mol. The number of carbonyl (C=O) groups is 1. The summed E-state index contributed by atoms with van der Waals surface area (Å²) in [5.41, 5.74) is 0. The highest BCUT2D eigenvalue weighted by atomic mass is 79.9. The molecule has 0 aromatic carbocycles. The lowest BCUT2D eigenvalue weighted by molar-refractivity contribution is -0.143. The molecule has 0 spiro atoms. The molecule has 1 N–H and O–H groups in total. The van der Waals surface area contributed by atoms with Gasteiger partial charge >= 0.3 is 5.97 Å². The van der Waals surface area contributed by atoms with E-state index in [1.54, 1.807) is 0 Å². The molecular formula is C9H14Br2O2. The van der Waals surface area contributed by atoms with Crippen LogP contribution in [0.1, 0.15) is 19.3 Å². The third-order valence-corrected chi connectivity index (χ3v) is 4.55. The van der Waals surface area contributed by atoms with Gasteiger partial charge in [-0.3, -0.25) is 4.79 Å². The minimum atomic E-state index is -0.626. The zero-order valence-electron chi connectivity index (χ0n) is 7.38. The molecule has 4 heteroatoms. The Morgan fingerprint density at radius 2 is 1.85 bits per heavy atom. The average Bonchev–Trinajstić information content (AvgIpc) is 2.16. The molecule has 0 bridgehead atoms. The smallest absolute Gasteiger partial charge is 0.306 e. The van der Waals surface area contributed by atoms with Gasteiger partial charge in [-0.2, -0.15) is 0 Å². The Morgan fingerprint density at radius 1 is 1.23 bits per heavy atom. The van der Waals surface area contributed by atoms with Crippen LogP contribution in [-0.4, -0.2) is 21.7 Å². The Labute approximate surface area is 95.3 Å². The first kappa shape index (κ1) is 11.5. The van der Waals surface area contributed by atoms with Crippen LogP contribution in [0, 0.1) is 17.8 Å². The van der Waals surface area contributed by atoms with Gasteiger partial charge in [0, 0.05) is 10.7 Å². The van der Waals surface area contributed by atoms with E-state index >= 15 is 0 Å². The van der Waals surface area contributed by atoms with E-state index in [1.165, 1.54) is 0 Å². The largest absolute Gasteiger partial charge is 0.481 e. The maximum Gasteiger partial charge on any atom is 0.306 e. The van der Waals surface area contributed by atoms with Crippen molar-refractivity contribution in [1.29, 1.82) is 0 Å². The third-order valence-electron chi connectivity index (χ3n) is 2.89. The van der Waals surface area contributed by atoms with E-state index in [4.69, 9.17) is 5.11 Å². The molecule has 0 heterocycles. The van der Waals surface area contributed by atoms with E-state index < -0.39 is 5.97 Å². The summed E-state index contributed by atoms with van der Waals surface area (Å²) in [5.74, 6) is 0.432. The summed E-state index contributed by atoms with van der Waals surface area (Å²) >= 11 is 6.94. The monoisotopic (exact) mass is 312 g/mol. The van der Waals surface area contributed by atoms with Crippen molar-refractivity contribution in [2.75, 3.05) is 10.7 Å². The standard InChI is InChI=1S/C9H14Br2O2/c10-4-7-2-1-6(9(12)13)3-8(7)5-11/h6-8H,1-5H2,(H,12,13). The van der Waals surface area contributed by atoms with E-state index in [1.807, 2.05) is 0 Å². The van der Waals surface area contributed by atoms with Crippen molar-refractivity contribution in [2.24, 2.45) is 17.8 Å². The van der Waals surface area contributed by atoms with Gasteiger partial charge in [0.25, 0.3) is 0 Å². The molecule has 0 radical (unpaired) electrons. The summed E-state index contributed by atoms with van der Waals surface area (Å²) < 4.78 is 0. The molecule has 3 atom stereocenters. The lowest BCUT2D eigenvalue weighted by Crippen LogP contribution is -2.30. The zero-order valence-corrected chi connectivity index (χ0v) is 10.6. The summed E-state index contributed by atoms with van der Waals surface area (Å²) in [6, 6.07) is 0. The van der Waals surface area contributed by atoms with Crippen LogP contribution >= 0.6 is 31.9 Å². The summed E-state index contributed by atoms with van der Waals surface area (Å²) in [6.07, 6.45) is 2.71. The fourth-order valence-corrected chi connectivity index (χ4v) is 3.59. The third kappa shape index (κ3) is 2.94. The van der Waals surface area contributed by atoms with Crippen LogP contribution in [0.4, 0.5) is 0 Å². The van der Waals surface area contributed by atoms with Crippen LogP contribution in [0.25, 0.3) is 0 Å². The number of hydrogen-bond acceptors (Lipinski definition) is 1. The van der Waals surface area contributed by atoms with E-state index in [-0.39, 0.29) is 5.92 Å². The molecule has 13 heavy (non-hydrogen) atoms. The van der Waals surface area contributed by atoms with Crippen molar-refractivity contribution >= 4 is 37.8 Å². The lowest BCUT2D eigenvalue weighted by atomic mass is 9.76. The van der Waals surface area contributed by atoms with Gasteiger partial charge in [0.1, 0.15) is 0 Å². The molecule has 0 amide bonds. The number of halogens is 2. The van der Waals surface area contributed by atoms with Gasteiger partial charge in [-0.1, -0.05) is 31.9 Å². The maximum absolute atomic E-state index is 10.8. The molecule has 0 aromatic heterocycles. The van der Waals surface area contributed by atoms with Crippen LogP contribution in [0.15, 0.2) is 0 Å². The van der Waals surface area contributed by atoms with Crippen molar-refractivity contribution in [2.45, 2.75) is 19.3 Å². The van der Waals surface area contributed by atoms with Crippen LogP contribution in [0.5, 0.6) is 0 Å². The Hall–Kier alpha value is 0.430. The Bertz CT molecular complexity index is 184. The van der Waals surface area contributed by atoms with Crippen molar-refractivity contribution in [1.82, 2.24) is 0 Å². The van der Waals surface area contributed by atoms with Crippen molar-refractivity contribution in [3.8, 4) is 0 Å². The quantitative estimate of drug-likeness (QED) is 0.813. The van der Waals surface area contributed by atoms with E-state index in [2.05, 4.69) is 31.9 Å². The molecule has 1 aliphatic carbocycles. The van der Waals surface area contributed by atoms with Gasteiger partial charge < -0.3 is 5.11 Å². The second kappa shape index (κ2) is 5.35. The SMILES string of the molecule is O=C(O)C1CCC(CBr)C(CBr)C1. The fraction of sp³-hybridized carbons (Fsp3) is 0.889.